The minimum absolute atomic E-state index is 0.184. The molecule has 3 N–H and O–H groups in total. The molecule has 0 spiro atoms. The first-order valence-electron chi connectivity index (χ1n) is 5.87. The maximum atomic E-state index is 13.6. The van der Waals surface area contributed by atoms with E-state index in [-0.39, 0.29) is 5.69 Å². The van der Waals surface area contributed by atoms with Gasteiger partial charge in [0.25, 0.3) is 0 Å². The van der Waals surface area contributed by atoms with Gasteiger partial charge in [-0.3, -0.25) is 4.98 Å². The molecule has 0 aliphatic carbocycles. The Morgan fingerprint density at radius 2 is 1.90 bits per heavy atom. The van der Waals surface area contributed by atoms with Crippen LogP contribution in [-0.2, 0) is 10.0 Å². The fraction of sp³-hybridized carbons (Fsp3) is 0.154. The average molecular weight is 295 g/mol. The molecule has 1 unspecified atom stereocenters. The highest BCUT2D eigenvalue weighted by Gasteiger charge is 2.22. The Morgan fingerprint density at radius 1 is 1.25 bits per heavy atom. The molecule has 7 heteroatoms. The van der Waals surface area contributed by atoms with Gasteiger partial charge in [0.2, 0.25) is 10.0 Å². The molecule has 1 heterocycles. The number of anilines is 1. The summed E-state index contributed by atoms with van der Waals surface area (Å²) >= 11 is 0. The van der Waals surface area contributed by atoms with Crippen LogP contribution in [0.2, 0.25) is 0 Å². The van der Waals surface area contributed by atoms with Gasteiger partial charge in [-0.2, -0.15) is 0 Å². The van der Waals surface area contributed by atoms with E-state index in [4.69, 9.17) is 5.73 Å². The molecule has 0 amide bonds. The van der Waals surface area contributed by atoms with Crippen molar-refractivity contribution in [3.05, 3.63) is 54.1 Å². The van der Waals surface area contributed by atoms with Gasteiger partial charge in [0.05, 0.1) is 0 Å². The summed E-state index contributed by atoms with van der Waals surface area (Å²) in [5, 5.41) is 0. The second-order valence-corrected chi connectivity index (χ2v) is 6.00. The van der Waals surface area contributed by atoms with Crippen molar-refractivity contribution >= 4 is 15.7 Å². The molecule has 1 atom stereocenters. The first-order chi connectivity index (χ1) is 9.40. The van der Waals surface area contributed by atoms with E-state index in [9.17, 15) is 12.8 Å². The number of nitrogens with two attached hydrogens (primary N) is 1. The van der Waals surface area contributed by atoms with Gasteiger partial charge in [0, 0.05) is 24.1 Å². The molecule has 1 aromatic carbocycles. The Labute approximate surface area is 116 Å². The summed E-state index contributed by atoms with van der Waals surface area (Å²) in [6, 6.07) is 6.29. The summed E-state index contributed by atoms with van der Waals surface area (Å²) in [6.07, 6.45) is 3.11. The lowest BCUT2D eigenvalue weighted by molar-refractivity contribution is 0.547. The van der Waals surface area contributed by atoms with Crippen molar-refractivity contribution in [3.63, 3.8) is 0 Å². The van der Waals surface area contributed by atoms with Gasteiger partial charge in [-0.15, -0.1) is 0 Å². The number of rotatable bonds is 4. The Morgan fingerprint density at radius 3 is 2.55 bits per heavy atom. The van der Waals surface area contributed by atoms with E-state index in [0.29, 0.717) is 0 Å². The van der Waals surface area contributed by atoms with Crippen LogP contribution in [0.4, 0.5) is 10.1 Å². The first-order valence-corrected chi connectivity index (χ1v) is 7.36. The van der Waals surface area contributed by atoms with Crippen molar-refractivity contribution in [2.24, 2.45) is 0 Å². The lowest BCUT2D eigenvalue weighted by Gasteiger charge is -2.15. The van der Waals surface area contributed by atoms with Crippen molar-refractivity contribution in [2.75, 3.05) is 5.73 Å². The van der Waals surface area contributed by atoms with Crippen molar-refractivity contribution in [1.82, 2.24) is 9.71 Å². The predicted octanol–water partition coefficient (Wildman–Crippen LogP) is 1.84. The monoisotopic (exact) mass is 295 g/mol. The molecule has 0 bridgehead atoms. The number of hydrogen-bond donors (Lipinski definition) is 2. The van der Waals surface area contributed by atoms with Gasteiger partial charge in [-0.1, -0.05) is 0 Å². The molecule has 2 aromatic rings. The van der Waals surface area contributed by atoms with E-state index in [0.717, 1.165) is 17.7 Å². The zero-order valence-corrected chi connectivity index (χ0v) is 11.6. The molecule has 2 rings (SSSR count). The van der Waals surface area contributed by atoms with Crippen LogP contribution in [-0.4, -0.2) is 13.4 Å². The summed E-state index contributed by atoms with van der Waals surface area (Å²) in [4.78, 5) is 3.39. The third-order valence-electron chi connectivity index (χ3n) is 2.78. The third kappa shape index (κ3) is 3.12. The second-order valence-electron chi connectivity index (χ2n) is 4.31. The number of nitrogen functional groups attached to an aromatic ring is 1. The van der Waals surface area contributed by atoms with E-state index in [1.54, 1.807) is 31.5 Å². The molecule has 0 aliphatic heterocycles. The van der Waals surface area contributed by atoms with Gasteiger partial charge in [0.1, 0.15) is 10.7 Å². The van der Waals surface area contributed by atoms with Crippen LogP contribution in [0.25, 0.3) is 0 Å². The van der Waals surface area contributed by atoms with Crippen molar-refractivity contribution in [2.45, 2.75) is 17.9 Å². The van der Waals surface area contributed by atoms with Crippen molar-refractivity contribution < 1.29 is 12.8 Å². The van der Waals surface area contributed by atoms with Gasteiger partial charge < -0.3 is 5.73 Å². The molecule has 0 saturated carbocycles. The number of halogens is 1. The SMILES string of the molecule is CC(NS(=O)(=O)c1cc(N)ccc1F)c1ccncc1. The minimum Gasteiger partial charge on any atom is -0.399 e. The lowest BCUT2D eigenvalue weighted by atomic mass is 10.1. The van der Waals surface area contributed by atoms with Crippen LogP contribution in [0.5, 0.6) is 0 Å². The highest BCUT2D eigenvalue weighted by Crippen LogP contribution is 2.20. The molecule has 1 aromatic heterocycles. The summed E-state index contributed by atoms with van der Waals surface area (Å²) in [5.41, 5.74) is 6.41. The van der Waals surface area contributed by atoms with E-state index >= 15 is 0 Å². The first kappa shape index (κ1) is 14.4. The zero-order valence-electron chi connectivity index (χ0n) is 10.7. The molecule has 0 fully saturated rings. The standard InChI is InChI=1S/C13H14FN3O2S/c1-9(10-4-6-16-7-5-10)17-20(18,19)13-8-11(15)2-3-12(13)14/h2-9,17H,15H2,1H3. The Bertz CT molecular complexity index is 705. The van der Waals surface area contributed by atoms with Crippen molar-refractivity contribution in [1.29, 1.82) is 0 Å². The van der Waals surface area contributed by atoms with Crippen LogP contribution in [0.1, 0.15) is 18.5 Å². The number of hydrogen-bond acceptors (Lipinski definition) is 4. The van der Waals surface area contributed by atoms with Crippen LogP contribution < -0.4 is 10.5 Å². The van der Waals surface area contributed by atoms with Crippen LogP contribution in [0, 0.1) is 5.82 Å². The van der Waals surface area contributed by atoms with Gasteiger partial charge in [0.15, 0.2) is 0 Å². The summed E-state index contributed by atoms with van der Waals surface area (Å²) < 4.78 is 40.4. The second kappa shape index (κ2) is 5.56. The highest BCUT2D eigenvalue weighted by molar-refractivity contribution is 7.89. The zero-order chi connectivity index (χ0) is 14.8. The van der Waals surface area contributed by atoms with E-state index in [2.05, 4.69) is 9.71 Å². The molecular formula is C13H14FN3O2S. The summed E-state index contributed by atoms with van der Waals surface area (Å²) in [7, 11) is -3.99. The minimum atomic E-state index is -3.99. The molecule has 20 heavy (non-hydrogen) atoms. The maximum absolute atomic E-state index is 13.6. The third-order valence-corrected chi connectivity index (χ3v) is 4.34. The van der Waals surface area contributed by atoms with Gasteiger partial charge in [-0.05, 0) is 42.8 Å². The van der Waals surface area contributed by atoms with Crippen molar-refractivity contribution in [3.8, 4) is 0 Å². The quantitative estimate of drug-likeness (QED) is 0.843. The number of pyridine rings is 1. The van der Waals surface area contributed by atoms with Gasteiger partial charge >= 0.3 is 0 Å². The maximum Gasteiger partial charge on any atom is 0.244 e. The summed E-state index contributed by atoms with van der Waals surface area (Å²) in [6.45, 7) is 1.66. The molecule has 106 valence electrons. The Balaban J connectivity index is 2.30. The normalized spacial score (nSPS) is 13.1. The molecular weight excluding hydrogens is 281 g/mol. The lowest BCUT2D eigenvalue weighted by Crippen LogP contribution is -2.27. The van der Waals surface area contributed by atoms with Crippen LogP contribution in [0.15, 0.2) is 47.6 Å². The van der Waals surface area contributed by atoms with Gasteiger partial charge in [-0.25, -0.2) is 17.5 Å². The highest BCUT2D eigenvalue weighted by atomic mass is 32.2. The van der Waals surface area contributed by atoms with E-state index in [1.807, 2.05) is 0 Å². The smallest absolute Gasteiger partial charge is 0.244 e. The average Bonchev–Trinajstić information content (AvgIpc) is 2.42. The number of benzene rings is 1. The number of nitrogens with zero attached hydrogens (tertiary/aromatic N) is 1. The number of sulfonamides is 1. The molecule has 0 saturated heterocycles. The predicted molar refractivity (Wildman–Crippen MR) is 73.8 cm³/mol. The van der Waals surface area contributed by atoms with E-state index < -0.39 is 26.8 Å². The summed E-state index contributed by atoms with van der Waals surface area (Å²) in [5.74, 6) is -0.839. The number of aromatic nitrogens is 1. The molecule has 0 radical (unpaired) electrons. The van der Waals surface area contributed by atoms with E-state index in [1.165, 1.54) is 6.07 Å². The molecule has 5 nitrogen and oxygen atoms in total. The largest absolute Gasteiger partial charge is 0.399 e. The van der Waals surface area contributed by atoms with Crippen LogP contribution >= 0.6 is 0 Å². The fourth-order valence-corrected chi connectivity index (χ4v) is 3.09. The van der Waals surface area contributed by atoms with Crippen LogP contribution in [0.3, 0.4) is 0 Å². The Hall–Kier alpha value is -1.99. The fourth-order valence-electron chi connectivity index (χ4n) is 1.74. The number of nitrogens with one attached hydrogen (secondary N) is 1. The Kier molecular flexibility index (Phi) is 4.01. The topological polar surface area (TPSA) is 85.1 Å². The molecule has 0 aliphatic rings.